The number of sulfone groups is 1. The van der Waals surface area contributed by atoms with Crippen molar-refractivity contribution in [1.29, 1.82) is 0 Å². The van der Waals surface area contributed by atoms with Crippen molar-refractivity contribution in [3.8, 4) is 5.75 Å². The molecule has 17 heavy (non-hydrogen) atoms. The maximum absolute atomic E-state index is 11.5. The maximum atomic E-state index is 11.5. The van der Waals surface area contributed by atoms with Crippen LogP contribution in [0.1, 0.15) is 6.42 Å². The van der Waals surface area contributed by atoms with Gasteiger partial charge in [-0.3, -0.25) is 0 Å². The van der Waals surface area contributed by atoms with Gasteiger partial charge in [-0.05, 0) is 18.6 Å². The Labute approximate surface area is 99.7 Å². The molecule has 5 nitrogen and oxygen atoms in total. The third-order valence-corrected chi connectivity index (χ3v) is 4.28. The molecule has 0 bridgehead atoms. The Kier molecular flexibility index (Phi) is 3.33. The zero-order chi connectivity index (χ0) is 12.3. The Morgan fingerprint density at radius 2 is 2.00 bits per heavy atom. The monoisotopic (exact) mass is 255 g/mol. The molecule has 1 aromatic rings. The third-order valence-electron chi connectivity index (χ3n) is 2.51. The molecule has 6 heteroatoms. The van der Waals surface area contributed by atoms with Gasteiger partial charge < -0.3 is 10.1 Å². The van der Waals surface area contributed by atoms with Gasteiger partial charge in [0, 0.05) is 6.04 Å². The molecule has 0 spiro atoms. The first-order chi connectivity index (χ1) is 8.05. The molecule has 2 rings (SSSR count). The summed E-state index contributed by atoms with van der Waals surface area (Å²) >= 11 is 0. The normalized spacial score (nSPS) is 22.0. The number of para-hydroxylation sites is 1. The summed E-state index contributed by atoms with van der Waals surface area (Å²) in [5, 5.41) is 2.54. The van der Waals surface area contributed by atoms with Crippen LogP contribution in [0.25, 0.3) is 0 Å². The lowest BCUT2D eigenvalue weighted by atomic mass is 10.3. The van der Waals surface area contributed by atoms with E-state index in [0.29, 0.717) is 12.2 Å². The minimum absolute atomic E-state index is 0.00309. The molecule has 1 heterocycles. The average Bonchev–Trinajstić information content (AvgIpc) is 2.59. The molecular formula is C11H13NO4S. The van der Waals surface area contributed by atoms with Crippen LogP contribution in [0.3, 0.4) is 0 Å². The lowest BCUT2D eigenvalue weighted by Crippen LogP contribution is -2.37. The first-order valence-electron chi connectivity index (χ1n) is 5.29. The average molecular weight is 255 g/mol. The zero-order valence-electron chi connectivity index (χ0n) is 9.13. The van der Waals surface area contributed by atoms with E-state index in [2.05, 4.69) is 5.32 Å². The van der Waals surface area contributed by atoms with Gasteiger partial charge in [0.05, 0.1) is 11.5 Å². The maximum Gasteiger partial charge on any atom is 0.412 e. The molecule has 1 N–H and O–H groups in total. The molecule has 1 atom stereocenters. The molecule has 1 amide bonds. The van der Waals surface area contributed by atoms with Crippen LogP contribution in [-0.4, -0.2) is 32.1 Å². The Balaban J connectivity index is 1.87. The van der Waals surface area contributed by atoms with Crippen molar-refractivity contribution in [1.82, 2.24) is 5.32 Å². The molecule has 0 saturated carbocycles. The number of amides is 1. The highest BCUT2D eigenvalue weighted by atomic mass is 32.2. The van der Waals surface area contributed by atoms with Gasteiger partial charge in [0.2, 0.25) is 0 Å². The smallest absolute Gasteiger partial charge is 0.410 e. The van der Waals surface area contributed by atoms with Crippen LogP contribution in [0.5, 0.6) is 5.75 Å². The van der Waals surface area contributed by atoms with Gasteiger partial charge in [-0.1, -0.05) is 18.2 Å². The number of carbonyl (C=O) groups excluding carboxylic acids is 1. The number of nitrogens with one attached hydrogen (secondary N) is 1. The van der Waals surface area contributed by atoms with Crippen LogP contribution in [0.4, 0.5) is 4.79 Å². The van der Waals surface area contributed by atoms with Crippen LogP contribution < -0.4 is 10.1 Å². The van der Waals surface area contributed by atoms with Crippen LogP contribution in [0.2, 0.25) is 0 Å². The number of benzene rings is 1. The molecule has 1 saturated heterocycles. The Bertz CT molecular complexity index is 497. The predicted octanol–water partition coefficient (Wildman–Crippen LogP) is 0.962. The molecule has 92 valence electrons. The van der Waals surface area contributed by atoms with E-state index in [1.54, 1.807) is 24.3 Å². The molecule has 1 aromatic carbocycles. The fraction of sp³-hybridized carbons (Fsp3) is 0.364. The highest BCUT2D eigenvalue weighted by Gasteiger charge is 2.29. The van der Waals surface area contributed by atoms with Crippen molar-refractivity contribution in [3.05, 3.63) is 30.3 Å². The SMILES string of the molecule is O=C(N[C@@H]1CCS(=O)(=O)C1)Oc1ccccc1. The summed E-state index contributed by atoms with van der Waals surface area (Å²) in [7, 11) is -2.98. The Hall–Kier alpha value is -1.56. The number of hydrogen-bond donors (Lipinski definition) is 1. The Morgan fingerprint density at radius 1 is 1.29 bits per heavy atom. The number of carbonyl (C=O) groups is 1. The first-order valence-corrected chi connectivity index (χ1v) is 7.11. The van der Waals surface area contributed by atoms with Crippen molar-refractivity contribution in [2.75, 3.05) is 11.5 Å². The summed E-state index contributed by atoms with van der Waals surface area (Å²) in [6.45, 7) is 0. The largest absolute Gasteiger partial charge is 0.412 e. The van der Waals surface area contributed by atoms with Gasteiger partial charge in [0.1, 0.15) is 5.75 Å². The summed E-state index contributed by atoms with van der Waals surface area (Å²) in [5.41, 5.74) is 0. The molecule has 0 aromatic heterocycles. The van der Waals surface area contributed by atoms with Crippen molar-refractivity contribution >= 4 is 15.9 Å². The van der Waals surface area contributed by atoms with Crippen molar-refractivity contribution < 1.29 is 17.9 Å². The summed E-state index contributed by atoms with van der Waals surface area (Å²) in [4.78, 5) is 11.5. The van der Waals surface area contributed by atoms with E-state index >= 15 is 0 Å². The van der Waals surface area contributed by atoms with Crippen molar-refractivity contribution in [3.63, 3.8) is 0 Å². The lowest BCUT2D eigenvalue weighted by Gasteiger charge is -2.10. The summed E-state index contributed by atoms with van der Waals surface area (Å²) in [6, 6.07) is 8.30. The second kappa shape index (κ2) is 4.75. The van der Waals surface area contributed by atoms with Crippen LogP contribution in [-0.2, 0) is 9.84 Å². The summed E-state index contributed by atoms with van der Waals surface area (Å²) in [6.07, 6.45) is -0.162. The van der Waals surface area contributed by atoms with Crippen LogP contribution >= 0.6 is 0 Å². The minimum atomic E-state index is -2.98. The van der Waals surface area contributed by atoms with E-state index in [-0.39, 0.29) is 17.5 Å². The van der Waals surface area contributed by atoms with E-state index in [1.807, 2.05) is 6.07 Å². The number of rotatable bonds is 2. The standard InChI is InChI=1S/C11H13NO4S/c13-11(16-10-4-2-1-3-5-10)12-9-6-7-17(14,15)8-9/h1-5,9H,6-8H2,(H,12,13)/t9-/m1/s1. The quantitative estimate of drug-likeness (QED) is 0.854. The molecule has 1 aliphatic heterocycles. The second-order valence-electron chi connectivity index (χ2n) is 3.95. The van der Waals surface area contributed by atoms with Crippen molar-refractivity contribution in [2.45, 2.75) is 12.5 Å². The lowest BCUT2D eigenvalue weighted by molar-refractivity contribution is 0.197. The Morgan fingerprint density at radius 3 is 2.59 bits per heavy atom. The minimum Gasteiger partial charge on any atom is -0.410 e. The summed E-state index contributed by atoms with van der Waals surface area (Å²) in [5.74, 6) is 0.561. The second-order valence-corrected chi connectivity index (χ2v) is 6.18. The highest BCUT2D eigenvalue weighted by molar-refractivity contribution is 7.91. The molecule has 1 fully saturated rings. The molecular weight excluding hydrogens is 242 g/mol. The third kappa shape index (κ3) is 3.45. The van der Waals surface area contributed by atoms with Gasteiger partial charge in [-0.15, -0.1) is 0 Å². The van der Waals surface area contributed by atoms with Gasteiger partial charge in [0.25, 0.3) is 0 Å². The van der Waals surface area contributed by atoms with E-state index in [4.69, 9.17) is 4.74 Å². The van der Waals surface area contributed by atoms with Gasteiger partial charge >= 0.3 is 6.09 Å². The fourth-order valence-corrected chi connectivity index (χ4v) is 3.37. The zero-order valence-corrected chi connectivity index (χ0v) is 9.94. The number of ether oxygens (including phenoxy) is 1. The van der Waals surface area contributed by atoms with Crippen molar-refractivity contribution in [2.24, 2.45) is 0 Å². The van der Waals surface area contributed by atoms with Gasteiger partial charge in [-0.2, -0.15) is 0 Å². The fourth-order valence-electron chi connectivity index (χ4n) is 1.70. The molecule has 0 unspecified atom stereocenters. The first kappa shape index (κ1) is 11.9. The van der Waals surface area contributed by atoms with Crippen LogP contribution in [0, 0.1) is 0 Å². The van der Waals surface area contributed by atoms with Gasteiger partial charge in [0.15, 0.2) is 9.84 Å². The molecule has 1 aliphatic rings. The van der Waals surface area contributed by atoms with E-state index < -0.39 is 15.9 Å². The topological polar surface area (TPSA) is 72.5 Å². The summed E-state index contributed by atoms with van der Waals surface area (Å²) < 4.78 is 27.4. The van der Waals surface area contributed by atoms with E-state index in [9.17, 15) is 13.2 Å². The van der Waals surface area contributed by atoms with Crippen LogP contribution in [0.15, 0.2) is 30.3 Å². The van der Waals surface area contributed by atoms with E-state index in [1.165, 1.54) is 0 Å². The van der Waals surface area contributed by atoms with Gasteiger partial charge in [-0.25, -0.2) is 13.2 Å². The molecule has 0 radical (unpaired) electrons. The highest BCUT2D eigenvalue weighted by Crippen LogP contribution is 2.12. The predicted molar refractivity (Wildman–Crippen MR) is 62.7 cm³/mol. The van der Waals surface area contributed by atoms with E-state index in [0.717, 1.165) is 0 Å². The number of hydrogen-bond acceptors (Lipinski definition) is 4. The molecule has 0 aliphatic carbocycles.